The maximum absolute atomic E-state index is 12.9. The minimum absolute atomic E-state index is 0.0565. The molecule has 1 amide bonds. The van der Waals surface area contributed by atoms with Crippen molar-refractivity contribution in [2.75, 3.05) is 13.2 Å². The molecule has 9 nitrogen and oxygen atoms in total. The minimum atomic E-state index is -2.22. The Labute approximate surface area is 210 Å². The maximum Gasteiger partial charge on any atom is 0.407 e. The average Bonchev–Trinajstić information content (AvgIpc) is 3.15. The maximum atomic E-state index is 12.9. The standard InChI is InChI=1S/C27H34N2O7/c1-26(2,34)27(3,24(31)32)36-23(30)22(14-8-9-15-28)29-25(33)35-16-21-19-12-6-4-10-17(19)18-11-5-7-13-20(18)21/h4-7,10-13,21-22,34H,8-9,14-16,28H2,1-3H3,(H,29,33)(H,31,32)/t22-,27?/m0/s1. The number of unbranched alkanes of at least 4 members (excludes halogenated alkanes) is 1. The first-order valence-corrected chi connectivity index (χ1v) is 12.0. The molecule has 0 heterocycles. The molecule has 2 aromatic rings. The van der Waals surface area contributed by atoms with Gasteiger partial charge in [0.15, 0.2) is 0 Å². The van der Waals surface area contributed by atoms with Gasteiger partial charge in [-0.3, -0.25) is 0 Å². The number of aliphatic carboxylic acids is 1. The smallest absolute Gasteiger partial charge is 0.407 e. The number of carbonyl (C=O) groups excluding carboxylic acids is 2. The minimum Gasteiger partial charge on any atom is -0.478 e. The fourth-order valence-electron chi connectivity index (χ4n) is 4.23. The van der Waals surface area contributed by atoms with Crippen LogP contribution in [-0.4, -0.2) is 58.6 Å². The molecule has 5 N–H and O–H groups in total. The van der Waals surface area contributed by atoms with Crippen molar-refractivity contribution < 1.29 is 34.1 Å². The number of benzene rings is 2. The van der Waals surface area contributed by atoms with Crippen molar-refractivity contribution in [2.45, 2.75) is 63.2 Å². The number of nitrogens with one attached hydrogen (secondary N) is 1. The van der Waals surface area contributed by atoms with E-state index in [1.807, 2.05) is 48.5 Å². The molecule has 194 valence electrons. The summed E-state index contributed by atoms with van der Waals surface area (Å²) in [5.74, 6) is -2.64. The lowest BCUT2D eigenvalue weighted by Gasteiger charge is -2.36. The van der Waals surface area contributed by atoms with E-state index in [1.54, 1.807) is 0 Å². The summed E-state index contributed by atoms with van der Waals surface area (Å²) in [5.41, 5.74) is 5.72. The van der Waals surface area contributed by atoms with Crippen LogP contribution in [0.2, 0.25) is 0 Å². The second kappa shape index (κ2) is 11.1. The van der Waals surface area contributed by atoms with E-state index in [0.29, 0.717) is 19.4 Å². The second-order valence-electron chi connectivity index (χ2n) is 9.63. The van der Waals surface area contributed by atoms with E-state index >= 15 is 0 Å². The van der Waals surface area contributed by atoms with Crippen molar-refractivity contribution in [2.24, 2.45) is 5.73 Å². The topological polar surface area (TPSA) is 148 Å². The number of hydrogen-bond donors (Lipinski definition) is 4. The normalized spacial score (nSPS) is 15.2. The number of carboxylic acids is 1. The number of aliphatic hydroxyl groups is 1. The Kier molecular flexibility index (Phi) is 8.37. The number of rotatable bonds is 11. The van der Waals surface area contributed by atoms with Gasteiger partial charge in [-0.25, -0.2) is 14.4 Å². The van der Waals surface area contributed by atoms with E-state index < -0.39 is 35.3 Å². The summed E-state index contributed by atoms with van der Waals surface area (Å²) in [6, 6.07) is 14.7. The summed E-state index contributed by atoms with van der Waals surface area (Å²) >= 11 is 0. The number of carbonyl (C=O) groups is 3. The Morgan fingerprint density at radius 2 is 1.56 bits per heavy atom. The summed E-state index contributed by atoms with van der Waals surface area (Å²) in [5, 5.41) is 22.4. The van der Waals surface area contributed by atoms with Gasteiger partial charge in [0.05, 0.1) is 0 Å². The lowest BCUT2D eigenvalue weighted by Crippen LogP contribution is -2.58. The molecule has 0 aliphatic heterocycles. The van der Waals surface area contributed by atoms with Gasteiger partial charge < -0.3 is 30.7 Å². The molecule has 1 aliphatic carbocycles. The third-order valence-corrected chi connectivity index (χ3v) is 6.75. The number of alkyl carbamates (subject to hydrolysis) is 1. The molecule has 0 spiro atoms. The molecule has 1 aliphatic rings. The fourth-order valence-corrected chi connectivity index (χ4v) is 4.23. The predicted molar refractivity (Wildman–Crippen MR) is 133 cm³/mol. The Balaban J connectivity index is 1.71. The van der Waals surface area contributed by atoms with Crippen molar-refractivity contribution >= 4 is 18.0 Å². The van der Waals surface area contributed by atoms with Gasteiger partial charge in [0.2, 0.25) is 5.60 Å². The van der Waals surface area contributed by atoms with Gasteiger partial charge >= 0.3 is 18.0 Å². The predicted octanol–water partition coefficient (Wildman–Crippen LogP) is 3.18. The first kappa shape index (κ1) is 27.2. The van der Waals surface area contributed by atoms with Gasteiger partial charge in [0.1, 0.15) is 18.2 Å². The van der Waals surface area contributed by atoms with Gasteiger partial charge in [0.25, 0.3) is 0 Å². The van der Waals surface area contributed by atoms with Gasteiger partial charge in [-0.2, -0.15) is 0 Å². The number of fused-ring (bicyclic) bond motifs is 3. The number of ether oxygens (including phenoxy) is 2. The zero-order chi connectivity index (χ0) is 26.5. The molecule has 3 rings (SSSR count). The van der Waals surface area contributed by atoms with Gasteiger partial charge in [0, 0.05) is 5.92 Å². The number of carboxylic acid groups (broad SMARTS) is 1. The number of hydrogen-bond acceptors (Lipinski definition) is 7. The molecular weight excluding hydrogens is 464 g/mol. The van der Waals surface area contributed by atoms with E-state index in [2.05, 4.69) is 5.32 Å². The first-order valence-electron chi connectivity index (χ1n) is 12.0. The first-order chi connectivity index (χ1) is 17.0. The van der Waals surface area contributed by atoms with E-state index in [0.717, 1.165) is 29.2 Å². The molecule has 0 radical (unpaired) electrons. The zero-order valence-corrected chi connectivity index (χ0v) is 20.8. The molecule has 2 atom stereocenters. The van der Waals surface area contributed by atoms with Crippen LogP contribution in [0.25, 0.3) is 11.1 Å². The highest BCUT2D eigenvalue weighted by molar-refractivity contribution is 5.87. The van der Waals surface area contributed by atoms with E-state index in [-0.39, 0.29) is 18.9 Å². The van der Waals surface area contributed by atoms with Crippen LogP contribution in [0.4, 0.5) is 4.79 Å². The Hall–Kier alpha value is -3.43. The molecule has 1 unspecified atom stereocenters. The van der Waals surface area contributed by atoms with Crippen LogP contribution >= 0.6 is 0 Å². The number of esters is 1. The summed E-state index contributed by atoms with van der Waals surface area (Å²) in [4.78, 5) is 37.5. The number of amides is 1. The van der Waals surface area contributed by atoms with E-state index in [4.69, 9.17) is 15.2 Å². The van der Waals surface area contributed by atoms with Gasteiger partial charge in [-0.05, 0) is 68.8 Å². The molecule has 0 aromatic heterocycles. The molecule has 2 aromatic carbocycles. The summed E-state index contributed by atoms with van der Waals surface area (Å²) < 4.78 is 10.8. The lowest BCUT2D eigenvalue weighted by atomic mass is 9.87. The van der Waals surface area contributed by atoms with Crippen LogP contribution in [0.1, 0.15) is 57.1 Å². The quantitative estimate of drug-likeness (QED) is 0.273. The van der Waals surface area contributed by atoms with Gasteiger partial charge in [-0.1, -0.05) is 48.5 Å². The molecule has 0 bridgehead atoms. The summed E-state index contributed by atoms with van der Waals surface area (Å²) in [7, 11) is 0. The molecular formula is C27H34N2O7. The Morgan fingerprint density at radius 3 is 2.06 bits per heavy atom. The molecule has 0 saturated heterocycles. The van der Waals surface area contributed by atoms with Crippen LogP contribution in [0.3, 0.4) is 0 Å². The Bertz CT molecular complexity index is 1070. The molecule has 0 fully saturated rings. The van der Waals surface area contributed by atoms with Crippen LogP contribution in [0, 0.1) is 0 Å². The SMILES string of the molecule is CC(C)(O)C(C)(OC(=O)[C@H](CCCCN)NC(=O)OCC1c2ccccc2-c2ccccc21)C(=O)O. The van der Waals surface area contributed by atoms with Crippen molar-refractivity contribution in [3.05, 3.63) is 59.7 Å². The third kappa shape index (κ3) is 5.68. The van der Waals surface area contributed by atoms with Crippen LogP contribution in [-0.2, 0) is 19.1 Å². The number of nitrogens with two attached hydrogens (primary N) is 1. The van der Waals surface area contributed by atoms with Crippen LogP contribution in [0.5, 0.6) is 0 Å². The van der Waals surface area contributed by atoms with Gasteiger partial charge in [-0.15, -0.1) is 0 Å². The van der Waals surface area contributed by atoms with Crippen molar-refractivity contribution in [1.29, 1.82) is 0 Å². The third-order valence-electron chi connectivity index (χ3n) is 6.75. The molecule has 0 saturated carbocycles. The van der Waals surface area contributed by atoms with Crippen molar-refractivity contribution in [3.8, 4) is 11.1 Å². The molecule has 9 heteroatoms. The highest BCUT2D eigenvalue weighted by atomic mass is 16.6. The van der Waals surface area contributed by atoms with Crippen LogP contribution < -0.4 is 11.1 Å². The summed E-state index contributed by atoms with van der Waals surface area (Å²) in [6.45, 7) is 4.02. The lowest BCUT2D eigenvalue weighted by molar-refractivity contribution is -0.203. The molecule has 36 heavy (non-hydrogen) atoms. The zero-order valence-electron chi connectivity index (χ0n) is 20.8. The largest absolute Gasteiger partial charge is 0.478 e. The highest BCUT2D eigenvalue weighted by Gasteiger charge is 2.51. The monoisotopic (exact) mass is 498 g/mol. The average molecular weight is 499 g/mol. The highest BCUT2D eigenvalue weighted by Crippen LogP contribution is 2.44. The van der Waals surface area contributed by atoms with E-state index in [1.165, 1.54) is 13.8 Å². The summed E-state index contributed by atoms with van der Waals surface area (Å²) in [6.07, 6.45) is 0.429. The van der Waals surface area contributed by atoms with Crippen molar-refractivity contribution in [3.63, 3.8) is 0 Å². The fraction of sp³-hybridized carbons (Fsp3) is 0.444. The van der Waals surface area contributed by atoms with Crippen LogP contribution in [0.15, 0.2) is 48.5 Å². The van der Waals surface area contributed by atoms with E-state index in [9.17, 15) is 24.6 Å². The second-order valence-corrected chi connectivity index (χ2v) is 9.63. The Morgan fingerprint density at radius 1 is 1.00 bits per heavy atom. The van der Waals surface area contributed by atoms with Crippen molar-refractivity contribution in [1.82, 2.24) is 5.32 Å².